The van der Waals surface area contributed by atoms with Crippen LogP contribution in [0.25, 0.3) is 10.8 Å². The first-order chi connectivity index (χ1) is 13.0. The van der Waals surface area contributed by atoms with Gasteiger partial charge in [0.1, 0.15) is 0 Å². The van der Waals surface area contributed by atoms with E-state index in [0.717, 1.165) is 10.8 Å². The maximum absolute atomic E-state index is 12.5. The largest absolute Gasteiger partial charge is 0.481 e. The molecule has 2 aromatic rings. The lowest BCUT2D eigenvalue weighted by molar-refractivity contribution is -0.147. The fourth-order valence-corrected chi connectivity index (χ4v) is 3.52. The lowest BCUT2D eigenvalue weighted by Crippen LogP contribution is -2.48. The fourth-order valence-electron chi connectivity index (χ4n) is 3.52. The molecule has 0 aliphatic carbocycles. The average Bonchev–Trinajstić information content (AvgIpc) is 2.67. The number of amides is 2. The number of benzene rings is 2. The monoisotopic (exact) mass is 368 g/mol. The zero-order chi connectivity index (χ0) is 19.4. The van der Waals surface area contributed by atoms with E-state index in [1.807, 2.05) is 43.3 Å². The van der Waals surface area contributed by atoms with Crippen LogP contribution in [0, 0.1) is 5.92 Å². The standard InChI is InChI=1S/C21H24N2O4/c1-14-6-7-18(21(26)27)13-23(14)19(24)10-11-22-20(25)17-9-8-15-4-2-3-5-16(15)12-17/h2-5,8-9,12,14,18H,6-7,10-11,13H2,1H3,(H,22,25)(H,26,27). The smallest absolute Gasteiger partial charge is 0.308 e. The van der Waals surface area contributed by atoms with Crippen molar-refractivity contribution in [1.29, 1.82) is 0 Å². The van der Waals surface area contributed by atoms with Gasteiger partial charge in [-0.15, -0.1) is 0 Å². The second-order valence-electron chi connectivity index (χ2n) is 7.08. The van der Waals surface area contributed by atoms with E-state index < -0.39 is 11.9 Å². The quantitative estimate of drug-likeness (QED) is 0.849. The minimum atomic E-state index is -0.857. The van der Waals surface area contributed by atoms with E-state index in [4.69, 9.17) is 0 Å². The van der Waals surface area contributed by atoms with Crippen LogP contribution in [0.4, 0.5) is 0 Å². The third kappa shape index (κ3) is 4.45. The molecule has 6 nitrogen and oxygen atoms in total. The van der Waals surface area contributed by atoms with Crippen LogP contribution >= 0.6 is 0 Å². The van der Waals surface area contributed by atoms with Crippen molar-refractivity contribution >= 4 is 28.6 Å². The van der Waals surface area contributed by atoms with Gasteiger partial charge in [0.05, 0.1) is 5.92 Å². The van der Waals surface area contributed by atoms with Crippen LogP contribution in [0.15, 0.2) is 42.5 Å². The average molecular weight is 368 g/mol. The van der Waals surface area contributed by atoms with E-state index in [1.165, 1.54) is 0 Å². The number of carbonyl (C=O) groups is 3. The lowest BCUT2D eigenvalue weighted by Gasteiger charge is -2.36. The van der Waals surface area contributed by atoms with Crippen LogP contribution in [0.1, 0.15) is 36.5 Å². The van der Waals surface area contributed by atoms with E-state index in [0.29, 0.717) is 18.4 Å². The van der Waals surface area contributed by atoms with Crippen LogP contribution < -0.4 is 5.32 Å². The van der Waals surface area contributed by atoms with E-state index >= 15 is 0 Å². The Kier molecular flexibility index (Phi) is 5.74. The van der Waals surface area contributed by atoms with Gasteiger partial charge in [-0.05, 0) is 42.7 Å². The van der Waals surface area contributed by atoms with Crippen molar-refractivity contribution in [2.45, 2.75) is 32.2 Å². The fraction of sp³-hybridized carbons (Fsp3) is 0.381. The van der Waals surface area contributed by atoms with Crippen molar-refractivity contribution < 1.29 is 19.5 Å². The summed E-state index contributed by atoms with van der Waals surface area (Å²) in [7, 11) is 0. The molecule has 2 amide bonds. The van der Waals surface area contributed by atoms with E-state index in [1.54, 1.807) is 11.0 Å². The molecular weight excluding hydrogens is 344 g/mol. The molecule has 6 heteroatoms. The molecule has 2 atom stereocenters. The summed E-state index contributed by atoms with van der Waals surface area (Å²) >= 11 is 0. The van der Waals surface area contributed by atoms with Gasteiger partial charge in [0, 0.05) is 31.1 Å². The second-order valence-corrected chi connectivity index (χ2v) is 7.08. The molecule has 2 aromatic carbocycles. The van der Waals surface area contributed by atoms with Gasteiger partial charge in [-0.2, -0.15) is 0 Å². The van der Waals surface area contributed by atoms with Crippen molar-refractivity contribution in [2.75, 3.05) is 13.1 Å². The predicted octanol–water partition coefficient (Wildman–Crippen LogP) is 2.67. The van der Waals surface area contributed by atoms with E-state index in [2.05, 4.69) is 5.32 Å². The van der Waals surface area contributed by atoms with Crippen LogP contribution in [-0.2, 0) is 9.59 Å². The molecule has 2 N–H and O–H groups in total. The molecule has 3 rings (SSSR count). The molecule has 1 saturated heterocycles. The summed E-state index contributed by atoms with van der Waals surface area (Å²) in [5, 5.41) is 14.0. The molecule has 2 unspecified atom stereocenters. The Balaban J connectivity index is 1.54. The maximum atomic E-state index is 12.5. The minimum absolute atomic E-state index is 0.0317. The Bertz CT molecular complexity index is 864. The Labute approximate surface area is 158 Å². The van der Waals surface area contributed by atoms with Crippen molar-refractivity contribution in [1.82, 2.24) is 10.2 Å². The number of rotatable bonds is 5. The number of fused-ring (bicyclic) bond motifs is 1. The van der Waals surface area contributed by atoms with Gasteiger partial charge in [-0.3, -0.25) is 14.4 Å². The number of likely N-dealkylation sites (tertiary alicyclic amines) is 1. The van der Waals surface area contributed by atoms with Crippen LogP contribution in [0.3, 0.4) is 0 Å². The van der Waals surface area contributed by atoms with Gasteiger partial charge in [0.2, 0.25) is 5.91 Å². The molecule has 27 heavy (non-hydrogen) atoms. The Morgan fingerprint density at radius 3 is 2.59 bits per heavy atom. The molecule has 0 saturated carbocycles. The molecule has 142 valence electrons. The summed E-state index contributed by atoms with van der Waals surface area (Å²) < 4.78 is 0. The number of piperidine rings is 1. The van der Waals surface area contributed by atoms with Gasteiger partial charge >= 0.3 is 5.97 Å². The Morgan fingerprint density at radius 2 is 1.85 bits per heavy atom. The summed E-state index contributed by atoms with van der Waals surface area (Å²) in [6.45, 7) is 2.41. The number of nitrogens with one attached hydrogen (secondary N) is 1. The maximum Gasteiger partial charge on any atom is 0.308 e. The molecule has 1 heterocycles. The highest BCUT2D eigenvalue weighted by molar-refractivity contribution is 5.98. The number of hydrogen-bond acceptors (Lipinski definition) is 3. The van der Waals surface area contributed by atoms with E-state index in [-0.39, 0.29) is 37.4 Å². The molecule has 0 radical (unpaired) electrons. The third-order valence-corrected chi connectivity index (χ3v) is 5.19. The number of nitrogens with zero attached hydrogens (tertiary/aromatic N) is 1. The molecular formula is C21H24N2O4. The number of carboxylic acids is 1. The first kappa shape index (κ1) is 18.9. The Morgan fingerprint density at radius 1 is 1.11 bits per heavy atom. The number of carboxylic acid groups (broad SMARTS) is 1. The lowest BCUT2D eigenvalue weighted by atomic mass is 9.93. The highest BCUT2D eigenvalue weighted by atomic mass is 16.4. The summed E-state index contributed by atoms with van der Waals surface area (Å²) in [4.78, 5) is 37.6. The molecule has 0 aromatic heterocycles. The second kappa shape index (κ2) is 8.20. The van der Waals surface area contributed by atoms with Gasteiger partial charge in [-0.1, -0.05) is 30.3 Å². The number of aliphatic carboxylic acids is 1. The van der Waals surface area contributed by atoms with Crippen LogP contribution in [0.5, 0.6) is 0 Å². The van der Waals surface area contributed by atoms with Crippen LogP contribution in [0.2, 0.25) is 0 Å². The SMILES string of the molecule is CC1CCC(C(=O)O)CN1C(=O)CCNC(=O)c1ccc2ccccc2c1. The Hall–Kier alpha value is -2.89. The van der Waals surface area contributed by atoms with Gasteiger partial charge in [0.25, 0.3) is 5.91 Å². The number of carbonyl (C=O) groups excluding carboxylic acids is 2. The summed E-state index contributed by atoms with van der Waals surface area (Å²) in [5.41, 5.74) is 0.554. The van der Waals surface area contributed by atoms with Crippen molar-refractivity contribution in [2.24, 2.45) is 5.92 Å². The zero-order valence-electron chi connectivity index (χ0n) is 15.4. The third-order valence-electron chi connectivity index (χ3n) is 5.19. The molecule has 0 bridgehead atoms. The summed E-state index contributed by atoms with van der Waals surface area (Å²) in [6.07, 6.45) is 1.45. The molecule has 1 fully saturated rings. The normalized spacial score (nSPS) is 19.7. The van der Waals surface area contributed by atoms with Crippen molar-refractivity contribution in [3.8, 4) is 0 Å². The van der Waals surface area contributed by atoms with Crippen molar-refractivity contribution in [3.63, 3.8) is 0 Å². The van der Waals surface area contributed by atoms with Crippen molar-refractivity contribution in [3.05, 3.63) is 48.0 Å². The zero-order valence-corrected chi connectivity index (χ0v) is 15.4. The number of hydrogen-bond donors (Lipinski definition) is 2. The van der Waals surface area contributed by atoms with E-state index in [9.17, 15) is 19.5 Å². The van der Waals surface area contributed by atoms with Gasteiger partial charge < -0.3 is 15.3 Å². The molecule has 1 aliphatic heterocycles. The van der Waals surface area contributed by atoms with Gasteiger partial charge in [0.15, 0.2) is 0 Å². The minimum Gasteiger partial charge on any atom is -0.481 e. The summed E-state index contributed by atoms with van der Waals surface area (Å²) in [6, 6.07) is 13.3. The highest BCUT2D eigenvalue weighted by Gasteiger charge is 2.32. The first-order valence-corrected chi connectivity index (χ1v) is 9.25. The molecule has 0 spiro atoms. The van der Waals surface area contributed by atoms with Gasteiger partial charge in [-0.25, -0.2) is 0 Å². The first-order valence-electron chi connectivity index (χ1n) is 9.25. The highest BCUT2D eigenvalue weighted by Crippen LogP contribution is 2.22. The predicted molar refractivity (Wildman–Crippen MR) is 102 cm³/mol. The van der Waals surface area contributed by atoms with Crippen LogP contribution in [-0.4, -0.2) is 46.9 Å². The molecule has 1 aliphatic rings. The summed E-state index contributed by atoms with van der Waals surface area (Å²) in [5.74, 6) is -1.70. The topological polar surface area (TPSA) is 86.7 Å².